The zero-order valence-electron chi connectivity index (χ0n) is 11.9. The molecule has 0 aliphatic heterocycles. The number of phenolic OH excluding ortho intramolecular Hbond substituents is 1. The number of nitrogens with one attached hydrogen (secondary N) is 1. The third-order valence-corrected chi connectivity index (χ3v) is 3.28. The first kappa shape index (κ1) is 15.8. The lowest BCUT2D eigenvalue weighted by molar-refractivity contribution is 0.248. The monoisotopic (exact) mass is 267 g/mol. The van der Waals surface area contributed by atoms with Gasteiger partial charge in [-0.15, -0.1) is 0 Å². The van der Waals surface area contributed by atoms with Crippen LogP contribution in [0.4, 0.5) is 0 Å². The van der Waals surface area contributed by atoms with E-state index in [0.717, 1.165) is 31.4 Å². The van der Waals surface area contributed by atoms with Crippen LogP contribution in [-0.2, 0) is 6.54 Å². The van der Waals surface area contributed by atoms with E-state index in [2.05, 4.69) is 12.2 Å². The van der Waals surface area contributed by atoms with E-state index in [9.17, 15) is 5.11 Å². The maximum Gasteiger partial charge on any atom is 0.123 e. The van der Waals surface area contributed by atoms with Gasteiger partial charge >= 0.3 is 0 Å². The molecule has 0 fully saturated rings. The third kappa shape index (κ3) is 5.49. The highest BCUT2D eigenvalue weighted by Crippen LogP contribution is 2.23. The number of aromatic hydroxyl groups is 1. The number of hydrogen-bond donors (Lipinski definition) is 3. The number of ether oxygens (including phenoxy) is 1. The van der Waals surface area contributed by atoms with Gasteiger partial charge < -0.3 is 20.3 Å². The van der Waals surface area contributed by atoms with Gasteiger partial charge in [0.2, 0.25) is 0 Å². The molecule has 0 aliphatic carbocycles. The van der Waals surface area contributed by atoms with Crippen molar-refractivity contribution >= 4 is 0 Å². The van der Waals surface area contributed by atoms with E-state index in [1.807, 2.05) is 12.1 Å². The van der Waals surface area contributed by atoms with Crippen molar-refractivity contribution in [2.45, 2.75) is 32.7 Å². The Morgan fingerprint density at radius 2 is 2.11 bits per heavy atom. The van der Waals surface area contributed by atoms with Gasteiger partial charge in [-0.3, -0.25) is 0 Å². The van der Waals surface area contributed by atoms with Crippen LogP contribution in [0.25, 0.3) is 0 Å². The fourth-order valence-corrected chi connectivity index (χ4v) is 2.17. The number of hydrogen-bond acceptors (Lipinski definition) is 4. The largest absolute Gasteiger partial charge is 0.507 e. The highest BCUT2D eigenvalue weighted by atomic mass is 16.5. The molecule has 0 aromatic heterocycles. The number of phenols is 1. The Morgan fingerprint density at radius 3 is 2.68 bits per heavy atom. The average Bonchev–Trinajstić information content (AvgIpc) is 2.41. The van der Waals surface area contributed by atoms with E-state index < -0.39 is 0 Å². The van der Waals surface area contributed by atoms with Crippen LogP contribution in [0.15, 0.2) is 18.2 Å². The Hall–Kier alpha value is -1.26. The molecule has 1 atom stereocenters. The highest BCUT2D eigenvalue weighted by Gasteiger charge is 2.08. The molecule has 0 bridgehead atoms. The van der Waals surface area contributed by atoms with Gasteiger partial charge in [-0.05, 0) is 31.4 Å². The molecule has 4 heteroatoms. The molecule has 108 valence electrons. The molecule has 1 aromatic rings. The molecular formula is C15H25NO3. The molecule has 19 heavy (non-hydrogen) atoms. The fraction of sp³-hybridized carbons (Fsp3) is 0.600. The number of benzene rings is 1. The summed E-state index contributed by atoms with van der Waals surface area (Å²) in [5, 5.41) is 22.2. The summed E-state index contributed by atoms with van der Waals surface area (Å²) in [7, 11) is 1.58. The first-order chi connectivity index (χ1) is 9.21. The molecule has 0 heterocycles. The molecule has 1 rings (SSSR count). The van der Waals surface area contributed by atoms with Crippen molar-refractivity contribution in [3.8, 4) is 11.5 Å². The second-order valence-corrected chi connectivity index (χ2v) is 4.79. The second-order valence-electron chi connectivity index (χ2n) is 4.79. The summed E-state index contributed by atoms with van der Waals surface area (Å²) in [6, 6.07) is 5.32. The fourth-order valence-electron chi connectivity index (χ4n) is 2.17. The van der Waals surface area contributed by atoms with E-state index >= 15 is 0 Å². The lowest BCUT2D eigenvalue weighted by Crippen LogP contribution is -2.23. The lowest BCUT2D eigenvalue weighted by atomic mass is 10.00. The predicted molar refractivity (Wildman–Crippen MR) is 76.5 cm³/mol. The Bertz CT molecular complexity index is 362. The first-order valence-corrected chi connectivity index (χ1v) is 6.88. The maximum atomic E-state index is 9.83. The normalized spacial score (nSPS) is 12.4. The van der Waals surface area contributed by atoms with Gasteiger partial charge in [0, 0.05) is 24.8 Å². The van der Waals surface area contributed by atoms with Gasteiger partial charge in [0.05, 0.1) is 7.11 Å². The van der Waals surface area contributed by atoms with Crippen LogP contribution in [0.3, 0.4) is 0 Å². The average molecular weight is 267 g/mol. The van der Waals surface area contributed by atoms with E-state index in [1.165, 1.54) is 0 Å². The number of rotatable bonds is 9. The van der Waals surface area contributed by atoms with Crippen molar-refractivity contribution in [3.63, 3.8) is 0 Å². The van der Waals surface area contributed by atoms with Crippen LogP contribution in [0.1, 0.15) is 31.7 Å². The van der Waals surface area contributed by atoms with Crippen LogP contribution in [0.5, 0.6) is 11.5 Å². The summed E-state index contributed by atoms with van der Waals surface area (Å²) >= 11 is 0. The molecule has 0 saturated heterocycles. The van der Waals surface area contributed by atoms with Gasteiger partial charge in [-0.25, -0.2) is 0 Å². The third-order valence-electron chi connectivity index (χ3n) is 3.28. The van der Waals surface area contributed by atoms with Gasteiger partial charge in [0.1, 0.15) is 11.5 Å². The minimum atomic E-state index is 0.236. The molecule has 0 amide bonds. The Kier molecular flexibility index (Phi) is 7.30. The minimum absolute atomic E-state index is 0.236. The number of aliphatic hydroxyl groups is 1. The SMILES string of the molecule is CCCC(CCO)CNCc1ccc(OC)cc1O. The molecule has 1 unspecified atom stereocenters. The molecule has 0 radical (unpaired) electrons. The smallest absolute Gasteiger partial charge is 0.123 e. The summed E-state index contributed by atoms with van der Waals surface area (Å²) in [6.07, 6.45) is 3.07. The minimum Gasteiger partial charge on any atom is -0.507 e. The van der Waals surface area contributed by atoms with Crippen molar-refractivity contribution < 1.29 is 14.9 Å². The van der Waals surface area contributed by atoms with Gasteiger partial charge in [-0.2, -0.15) is 0 Å². The lowest BCUT2D eigenvalue weighted by Gasteiger charge is -2.16. The summed E-state index contributed by atoms with van der Waals surface area (Å²) in [4.78, 5) is 0. The number of aliphatic hydroxyl groups excluding tert-OH is 1. The van der Waals surface area contributed by atoms with Crippen molar-refractivity contribution in [1.29, 1.82) is 0 Å². The van der Waals surface area contributed by atoms with E-state index in [1.54, 1.807) is 13.2 Å². The van der Waals surface area contributed by atoms with Gasteiger partial charge in [-0.1, -0.05) is 19.4 Å². The first-order valence-electron chi connectivity index (χ1n) is 6.88. The highest BCUT2D eigenvalue weighted by molar-refractivity contribution is 5.39. The van der Waals surface area contributed by atoms with Crippen molar-refractivity contribution in [2.24, 2.45) is 5.92 Å². The van der Waals surface area contributed by atoms with Crippen LogP contribution in [-0.4, -0.2) is 30.5 Å². The zero-order valence-corrected chi connectivity index (χ0v) is 11.9. The molecular weight excluding hydrogens is 242 g/mol. The van der Waals surface area contributed by atoms with Crippen molar-refractivity contribution in [2.75, 3.05) is 20.3 Å². The van der Waals surface area contributed by atoms with E-state index in [4.69, 9.17) is 9.84 Å². The van der Waals surface area contributed by atoms with Crippen LogP contribution in [0, 0.1) is 5.92 Å². The van der Waals surface area contributed by atoms with E-state index in [0.29, 0.717) is 18.2 Å². The summed E-state index contributed by atoms with van der Waals surface area (Å²) in [5.74, 6) is 1.40. The topological polar surface area (TPSA) is 61.7 Å². The predicted octanol–water partition coefficient (Wildman–Crippen LogP) is 2.29. The van der Waals surface area contributed by atoms with Gasteiger partial charge in [0.25, 0.3) is 0 Å². The van der Waals surface area contributed by atoms with Gasteiger partial charge in [0.15, 0.2) is 0 Å². The van der Waals surface area contributed by atoms with Crippen LogP contribution >= 0.6 is 0 Å². The second kappa shape index (κ2) is 8.77. The van der Waals surface area contributed by atoms with Crippen LogP contribution in [0.2, 0.25) is 0 Å². The molecule has 3 N–H and O–H groups in total. The summed E-state index contributed by atoms with van der Waals surface area (Å²) in [6.45, 7) is 3.88. The molecule has 4 nitrogen and oxygen atoms in total. The number of methoxy groups -OCH3 is 1. The summed E-state index contributed by atoms with van der Waals surface area (Å²) in [5.41, 5.74) is 0.861. The molecule has 0 spiro atoms. The van der Waals surface area contributed by atoms with E-state index in [-0.39, 0.29) is 12.4 Å². The summed E-state index contributed by atoms with van der Waals surface area (Å²) < 4.78 is 5.05. The Balaban J connectivity index is 2.43. The standard InChI is InChI=1S/C15H25NO3/c1-3-4-12(7-8-17)10-16-11-13-5-6-14(19-2)9-15(13)18/h5-6,9,12,16-18H,3-4,7-8,10-11H2,1-2H3. The quantitative estimate of drug-likeness (QED) is 0.642. The molecule has 0 saturated carbocycles. The Labute approximate surface area is 115 Å². The van der Waals surface area contributed by atoms with Crippen molar-refractivity contribution in [3.05, 3.63) is 23.8 Å². The van der Waals surface area contributed by atoms with Crippen molar-refractivity contribution in [1.82, 2.24) is 5.32 Å². The molecule has 0 aliphatic rings. The Morgan fingerprint density at radius 1 is 1.32 bits per heavy atom. The molecule has 1 aromatic carbocycles. The van der Waals surface area contributed by atoms with Crippen LogP contribution < -0.4 is 10.1 Å². The zero-order chi connectivity index (χ0) is 14.1. The maximum absolute atomic E-state index is 9.83.